The minimum absolute atomic E-state index is 0.403. The van der Waals surface area contributed by atoms with Gasteiger partial charge in [-0.05, 0) is 33.2 Å². The summed E-state index contributed by atoms with van der Waals surface area (Å²) in [6.07, 6.45) is -5.65. The van der Waals surface area contributed by atoms with Crippen molar-refractivity contribution in [1.82, 2.24) is 5.06 Å². The molecule has 26 heavy (non-hydrogen) atoms. The molecule has 0 aromatic carbocycles. The number of halogens is 8. The maximum atomic E-state index is 13.9. The van der Waals surface area contributed by atoms with Gasteiger partial charge in [-0.2, -0.15) is 26.3 Å². The molecular formula is C13H21F8NO3Si. The highest BCUT2D eigenvalue weighted by Crippen LogP contribution is 2.51. The van der Waals surface area contributed by atoms with Crippen LogP contribution in [-0.2, 0) is 14.1 Å². The van der Waals surface area contributed by atoms with Gasteiger partial charge in [0.2, 0.25) is 0 Å². The molecule has 0 aliphatic heterocycles. The highest BCUT2D eigenvalue weighted by molar-refractivity contribution is 6.42. The Bertz CT molecular complexity index is 457. The summed E-state index contributed by atoms with van der Waals surface area (Å²) in [4.78, 5) is 0. The first-order chi connectivity index (χ1) is 11.5. The number of hydrogen-bond donors (Lipinski definition) is 0. The fourth-order valence-corrected chi connectivity index (χ4v) is 3.35. The van der Waals surface area contributed by atoms with Crippen LogP contribution in [0.3, 0.4) is 0 Å². The van der Waals surface area contributed by atoms with E-state index in [0.717, 1.165) is 6.92 Å². The molecule has 0 aromatic rings. The second-order valence-corrected chi connectivity index (χ2v) is 7.22. The Hall–Kier alpha value is -0.503. The van der Waals surface area contributed by atoms with Gasteiger partial charge in [0.25, 0.3) is 0 Å². The molecule has 0 rings (SSSR count). The van der Waals surface area contributed by atoms with E-state index in [2.05, 4.69) is 0 Å². The molecule has 0 saturated heterocycles. The first-order valence-corrected chi connectivity index (χ1v) is 9.41. The number of hydrogen-bond acceptors (Lipinski definition) is 3. The number of alkyl halides is 8. The van der Waals surface area contributed by atoms with Gasteiger partial charge in [0.1, 0.15) is 5.72 Å². The van der Waals surface area contributed by atoms with E-state index in [1.807, 2.05) is 0 Å². The average molecular weight is 419 g/mol. The van der Waals surface area contributed by atoms with E-state index in [-0.39, 0.29) is 0 Å². The van der Waals surface area contributed by atoms with Gasteiger partial charge < -0.3 is 8.85 Å². The minimum Gasteiger partial charge on any atom is -0.391 e. The molecule has 0 bridgehead atoms. The molecule has 0 aliphatic rings. The summed E-state index contributed by atoms with van der Waals surface area (Å²) < 4.78 is 115. The van der Waals surface area contributed by atoms with E-state index in [4.69, 9.17) is 8.85 Å². The average Bonchev–Trinajstić information content (AvgIpc) is 2.52. The highest BCUT2D eigenvalue weighted by Gasteiger charge is 2.79. The maximum absolute atomic E-state index is 13.9. The van der Waals surface area contributed by atoms with Crippen LogP contribution < -0.4 is 0 Å². The summed E-state index contributed by atoms with van der Waals surface area (Å²) >= 11 is 0. The maximum Gasteiger partial charge on any atom is 0.400 e. The molecule has 2 radical (unpaired) electrons. The predicted octanol–water partition coefficient (Wildman–Crippen LogP) is 4.84. The summed E-state index contributed by atoms with van der Waals surface area (Å²) in [6.45, 7) is 6.37. The fourth-order valence-electron chi connectivity index (χ4n) is 1.72. The zero-order valence-electron chi connectivity index (χ0n) is 14.8. The smallest absolute Gasteiger partial charge is 0.391 e. The molecule has 0 fully saturated rings. The summed E-state index contributed by atoms with van der Waals surface area (Å²) in [6, 6.07) is -6.17. The molecule has 156 valence electrons. The van der Waals surface area contributed by atoms with Gasteiger partial charge in [0, 0.05) is 6.10 Å². The minimum atomic E-state index is -6.64. The van der Waals surface area contributed by atoms with Crippen molar-refractivity contribution in [2.75, 3.05) is 0 Å². The van der Waals surface area contributed by atoms with Crippen LogP contribution >= 0.6 is 0 Å². The van der Waals surface area contributed by atoms with Crippen LogP contribution in [0.2, 0.25) is 6.55 Å². The van der Waals surface area contributed by atoms with Crippen LogP contribution in [0.1, 0.15) is 40.5 Å². The van der Waals surface area contributed by atoms with Crippen molar-refractivity contribution in [3.63, 3.8) is 0 Å². The molecule has 0 aliphatic carbocycles. The van der Waals surface area contributed by atoms with Crippen molar-refractivity contribution < 1.29 is 49.2 Å². The Balaban J connectivity index is 5.68. The highest BCUT2D eigenvalue weighted by atomic mass is 28.3. The quantitative estimate of drug-likeness (QED) is 0.158. The van der Waals surface area contributed by atoms with Crippen molar-refractivity contribution in [3.8, 4) is 0 Å². The summed E-state index contributed by atoms with van der Waals surface area (Å²) in [5.74, 6) is -13.1. The van der Waals surface area contributed by atoms with E-state index in [1.54, 1.807) is 13.8 Å². The number of nitrogens with zero attached hydrogens (tertiary/aromatic N) is 1. The van der Waals surface area contributed by atoms with Gasteiger partial charge in [-0.15, -0.1) is 5.21 Å². The molecule has 0 saturated carbocycles. The molecule has 0 spiro atoms. The van der Waals surface area contributed by atoms with Crippen LogP contribution in [0, 0.1) is 0 Å². The Kier molecular flexibility index (Phi) is 8.50. The van der Waals surface area contributed by atoms with E-state index >= 15 is 0 Å². The van der Waals surface area contributed by atoms with Crippen molar-refractivity contribution in [2.24, 2.45) is 0 Å². The second-order valence-electron chi connectivity index (χ2n) is 5.79. The molecular weight excluding hydrogens is 398 g/mol. The molecule has 0 amide bonds. The van der Waals surface area contributed by atoms with Crippen LogP contribution in [0.5, 0.6) is 0 Å². The lowest BCUT2D eigenvalue weighted by Gasteiger charge is -2.43. The lowest BCUT2D eigenvalue weighted by Crippen LogP contribution is -2.68. The van der Waals surface area contributed by atoms with Gasteiger partial charge in [-0.3, -0.25) is 0 Å². The molecule has 0 aromatic heterocycles. The van der Waals surface area contributed by atoms with Crippen LogP contribution in [0.25, 0.3) is 0 Å². The largest absolute Gasteiger partial charge is 0.400 e. The van der Waals surface area contributed by atoms with Crippen molar-refractivity contribution >= 4 is 9.28 Å². The Labute approximate surface area is 147 Å². The summed E-state index contributed by atoms with van der Waals surface area (Å²) in [7, 11) is -2.43. The zero-order valence-corrected chi connectivity index (χ0v) is 15.8. The second kappa shape index (κ2) is 8.67. The molecule has 0 N–H and O–H groups in total. The summed E-state index contributed by atoms with van der Waals surface area (Å²) in [5.41, 5.74) is -2.71. The Morgan fingerprint density at radius 3 is 1.88 bits per heavy atom. The van der Waals surface area contributed by atoms with E-state index in [0.29, 0.717) is 13.3 Å². The van der Waals surface area contributed by atoms with E-state index in [1.165, 1.54) is 6.55 Å². The number of hydroxylamine groups is 2. The monoisotopic (exact) mass is 419 g/mol. The van der Waals surface area contributed by atoms with Crippen molar-refractivity contribution in [1.29, 1.82) is 0 Å². The van der Waals surface area contributed by atoms with Gasteiger partial charge in [0.05, 0.1) is 0 Å². The Morgan fingerprint density at radius 2 is 1.54 bits per heavy atom. The van der Waals surface area contributed by atoms with Crippen molar-refractivity contribution in [2.45, 2.75) is 83.2 Å². The van der Waals surface area contributed by atoms with Crippen molar-refractivity contribution in [3.05, 3.63) is 0 Å². The van der Waals surface area contributed by atoms with Gasteiger partial charge in [0.15, 0.2) is 0 Å². The fraction of sp³-hybridized carbons (Fsp3) is 1.00. The summed E-state index contributed by atoms with van der Waals surface area (Å²) in [5, 5.41) is 10.2. The lowest BCUT2D eigenvalue weighted by molar-refractivity contribution is -0.473. The standard InChI is InChI=1S/C13H21F8NO3Si/c1-6-8(3)24-26(5)25-10(4,7-2)22(23)13(20,21)12(18,19)11(16,17)9(14)15/h8-9H,6-7H2,1-5H3. The number of rotatable bonds is 11. The lowest BCUT2D eigenvalue weighted by atomic mass is 10.1. The van der Waals surface area contributed by atoms with Crippen LogP contribution in [-0.4, -0.2) is 50.5 Å². The molecule has 2 atom stereocenters. The van der Waals surface area contributed by atoms with Crippen LogP contribution in [0.15, 0.2) is 0 Å². The molecule has 0 heterocycles. The topological polar surface area (TPSA) is 41.6 Å². The predicted molar refractivity (Wildman–Crippen MR) is 75.6 cm³/mol. The Morgan fingerprint density at radius 1 is 1.08 bits per heavy atom. The van der Waals surface area contributed by atoms with Crippen LogP contribution in [0.4, 0.5) is 35.1 Å². The van der Waals surface area contributed by atoms with Gasteiger partial charge in [-0.25, -0.2) is 8.78 Å². The first-order valence-electron chi connectivity index (χ1n) is 7.59. The molecule has 2 unspecified atom stereocenters. The SMILES string of the molecule is CCC(C)O[Si](C)OC(C)(CC)N([O])C(F)(F)C(F)(F)C(F)(F)C(F)F. The van der Waals surface area contributed by atoms with Gasteiger partial charge in [-0.1, -0.05) is 18.9 Å². The van der Waals surface area contributed by atoms with Gasteiger partial charge >= 0.3 is 33.6 Å². The van der Waals surface area contributed by atoms with E-state index in [9.17, 15) is 40.3 Å². The zero-order chi connectivity index (χ0) is 21.1. The first kappa shape index (κ1) is 25.5. The third kappa shape index (κ3) is 4.85. The van der Waals surface area contributed by atoms with E-state index < -0.39 is 56.9 Å². The normalized spacial score (nSPS) is 17.9. The molecule has 4 nitrogen and oxygen atoms in total. The third-order valence-electron chi connectivity index (χ3n) is 3.72. The molecule has 13 heteroatoms. The third-order valence-corrected chi connectivity index (χ3v) is 5.18.